The first-order valence-electron chi connectivity index (χ1n) is 12.9. The van der Waals surface area contributed by atoms with Crippen LogP contribution in [0.25, 0.3) is 5.69 Å². The lowest BCUT2D eigenvalue weighted by atomic mass is 10.0. The highest BCUT2D eigenvalue weighted by Gasteiger charge is 2.25. The van der Waals surface area contributed by atoms with E-state index in [0.717, 1.165) is 12.5 Å². The Kier molecular flexibility index (Phi) is 9.80. The van der Waals surface area contributed by atoms with E-state index >= 15 is 4.39 Å². The van der Waals surface area contributed by atoms with Gasteiger partial charge in [0.25, 0.3) is 5.91 Å². The first-order chi connectivity index (χ1) is 18.9. The van der Waals surface area contributed by atoms with Gasteiger partial charge in [0.05, 0.1) is 36.4 Å². The second-order valence-corrected chi connectivity index (χ2v) is 10.0. The van der Waals surface area contributed by atoms with Gasteiger partial charge in [-0.05, 0) is 53.2 Å². The van der Waals surface area contributed by atoms with Crippen molar-refractivity contribution in [1.29, 1.82) is 0 Å². The lowest BCUT2D eigenvalue weighted by molar-refractivity contribution is 0.0502. The first kappa shape index (κ1) is 30.1. The summed E-state index contributed by atoms with van der Waals surface area (Å²) in [6.45, 7) is 11.2. The fourth-order valence-corrected chi connectivity index (χ4v) is 3.80. The Morgan fingerprint density at radius 2 is 1.95 bits per heavy atom. The molecule has 0 saturated carbocycles. The van der Waals surface area contributed by atoms with Crippen molar-refractivity contribution < 1.29 is 23.5 Å². The molecule has 2 atom stereocenters. The van der Waals surface area contributed by atoms with Crippen molar-refractivity contribution >= 4 is 29.3 Å². The van der Waals surface area contributed by atoms with Gasteiger partial charge in [-0.3, -0.25) is 4.79 Å². The first-order valence-corrected chi connectivity index (χ1v) is 12.9. The maximum absolute atomic E-state index is 15.1. The van der Waals surface area contributed by atoms with Crippen LogP contribution >= 0.6 is 0 Å². The Bertz CT molecular complexity index is 1310. The summed E-state index contributed by atoms with van der Waals surface area (Å²) in [6.07, 6.45) is 5.34. The van der Waals surface area contributed by atoms with Gasteiger partial charge >= 0.3 is 6.09 Å². The number of carbonyl (C=O) groups excluding carboxylic acids is 2. The van der Waals surface area contributed by atoms with Crippen LogP contribution in [-0.2, 0) is 4.74 Å². The monoisotopic (exact) mass is 557 g/mol. The molecule has 0 bridgehead atoms. The Balaban J connectivity index is 1.92. The van der Waals surface area contributed by atoms with Gasteiger partial charge in [0.15, 0.2) is 11.6 Å². The third-order valence-corrected chi connectivity index (χ3v) is 5.56. The van der Waals surface area contributed by atoms with Gasteiger partial charge in [-0.25, -0.2) is 23.8 Å². The normalized spacial score (nSPS) is 12.8. The van der Waals surface area contributed by atoms with Gasteiger partial charge < -0.3 is 31.2 Å². The van der Waals surface area contributed by atoms with Gasteiger partial charge in [-0.15, -0.1) is 5.10 Å². The van der Waals surface area contributed by atoms with Crippen LogP contribution in [0.15, 0.2) is 30.7 Å². The number of rotatable bonds is 12. The van der Waals surface area contributed by atoms with Gasteiger partial charge in [-0.1, -0.05) is 18.6 Å². The fourth-order valence-electron chi connectivity index (χ4n) is 3.80. The highest BCUT2D eigenvalue weighted by atomic mass is 19.1. The SMILES string of the molecule is CCC[C@@H](Nc1nc(Nc2cnc(OCC)c(-n3ccnn3)c2)c(C(N)=O)cc1F)[C@H](C)NC(=O)OC(C)(C)C. The molecule has 0 aliphatic heterocycles. The molecule has 0 spiro atoms. The van der Waals surface area contributed by atoms with E-state index in [4.69, 9.17) is 15.2 Å². The van der Waals surface area contributed by atoms with Crippen LogP contribution in [0, 0.1) is 5.82 Å². The topological polar surface area (TPSA) is 171 Å². The van der Waals surface area contributed by atoms with E-state index in [1.165, 1.54) is 17.1 Å². The van der Waals surface area contributed by atoms with Gasteiger partial charge in [0, 0.05) is 12.1 Å². The number of anilines is 3. The highest BCUT2D eigenvalue weighted by molar-refractivity contribution is 5.98. The van der Waals surface area contributed by atoms with Crippen molar-refractivity contribution in [2.45, 2.75) is 72.1 Å². The van der Waals surface area contributed by atoms with E-state index in [-0.39, 0.29) is 17.2 Å². The zero-order valence-electron chi connectivity index (χ0n) is 23.5. The Morgan fingerprint density at radius 3 is 2.55 bits per heavy atom. The summed E-state index contributed by atoms with van der Waals surface area (Å²) in [5, 5.41) is 16.6. The van der Waals surface area contributed by atoms with E-state index < -0.39 is 35.5 Å². The van der Waals surface area contributed by atoms with Crippen LogP contribution in [-0.4, -0.2) is 61.3 Å². The van der Waals surface area contributed by atoms with Crippen LogP contribution in [0.5, 0.6) is 5.88 Å². The van der Waals surface area contributed by atoms with E-state index in [1.807, 2.05) is 13.8 Å². The lowest BCUT2D eigenvalue weighted by Crippen LogP contribution is -2.46. The number of hydrogen-bond donors (Lipinski definition) is 4. The highest BCUT2D eigenvalue weighted by Crippen LogP contribution is 2.28. The summed E-state index contributed by atoms with van der Waals surface area (Å²) in [6, 6.07) is 1.83. The number of aromatic nitrogens is 5. The molecule has 0 fully saturated rings. The van der Waals surface area contributed by atoms with E-state index in [0.29, 0.717) is 30.3 Å². The average molecular weight is 558 g/mol. The van der Waals surface area contributed by atoms with Crippen molar-refractivity contribution in [2.24, 2.45) is 5.73 Å². The molecule has 0 saturated heterocycles. The molecule has 40 heavy (non-hydrogen) atoms. The molecule has 14 heteroatoms. The molecule has 0 aliphatic carbocycles. The minimum atomic E-state index is -0.874. The summed E-state index contributed by atoms with van der Waals surface area (Å²) >= 11 is 0. The van der Waals surface area contributed by atoms with Crippen LogP contribution in [0.4, 0.5) is 26.5 Å². The molecule has 13 nitrogen and oxygen atoms in total. The number of ether oxygens (including phenoxy) is 2. The average Bonchev–Trinajstić information content (AvgIpc) is 3.40. The molecule has 2 amide bonds. The largest absolute Gasteiger partial charge is 0.476 e. The third kappa shape index (κ3) is 8.01. The Labute approximate surface area is 232 Å². The molecule has 0 aliphatic rings. The maximum atomic E-state index is 15.1. The number of nitrogens with two attached hydrogens (primary N) is 1. The number of nitrogens with one attached hydrogen (secondary N) is 3. The number of nitrogens with zero attached hydrogens (tertiary/aromatic N) is 5. The number of hydrogen-bond acceptors (Lipinski definition) is 10. The second kappa shape index (κ2) is 13.0. The molecule has 3 aromatic rings. The molecule has 3 heterocycles. The molecular weight excluding hydrogens is 521 g/mol. The Morgan fingerprint density at radius 1 is 1.20 bits per heavy atom. The number of carbonyl (C=O) groups is 2. The maximum Gasteiger partial charge on any atom is 0.407 e. The number of halogens is 1. The molecule has 0 radical (unpaired) electrons. The smallest absolute Gasteiger partial charge is 0.407 e. The lowest BCUT2D eigenvalue weighted by Gasteiger charge is -2.28. The summed E-state index contributed by atoms with van der Waals surface area (Å²) < 4.78 is 27.6. The summed E-state index contributed by atoms with van der Waals surface area (Å²) in [5.74, 6) is -1.45. The van der Waals surface area contributed by atoms with Gasteiger partial charge in [0.2, 0.25) is 5.88 Å². The second-order valence-electron chi connectivity index (χ2n) is 10.0. The number of pyridine rings is 2. The molecule has 0 unspecified atom stereocenters. The zero-order valence-corrected chi connectivity index (χ0v) is 23.5. The minimum Gasteiger partial charge on any atom is -0.476 e. The summed E-state index contributed by atoms with van der Waals surface area (Å²) in [5.41, 5.74) is 5.60. The number of primary amides is 1. The molecule has 0 aromatic carbocycles. The van der Waals surface area contributed by atoms with E-state index in [2.05, 4.69) is 36.2 Å². The summed E-state index contributed by atoms with van der Waals surface area (Å²) in [4.78, 5) is 33.2. The van der Waals surface area contributed by atoms with Crippen molar-refractivity contribution in [3.8, 4) is 11.6 Å². The Hall–Kier alpha value is -4.49. The van der Waals surface area contributed by atoms with Crippen LogP contribution in [0.1, 0.15) is 64.7 Å². The molecule has 5 N–H and O–H groups in total. The minimum absolute atomic E-state index is 0.00917. The molecular formula is C26H36FN9O4. The predicted molar refractivity (Wildman–Crippen MR) is 147 cm³/mol. The molecule has 216 valence electrons. The quantitative estimate of drug-likeness (QED) is 0.256. The van der Waals surface area contributed by atoms with E-state index in [1.54, 1.807) is 40.0 Å². The van der Waals surface area contributed by atoms with Gasteiger partial charge in [-0.2, -0.15) is 0 Å². The third-order valence-electron chi connectivity index (χ3n) is 5.56. The molecule has 3 rings (SSSR count). The van der Waals surface area contributed by atoms with E-state index in [9.17, 15) is 9.59 Å². The standard InChI is InChI=1S/C26H36FN9O4/c1-7-9-19(15(3)31-25(38)40-26(4,5)6)33-23-18(27)13-17(21(28)37)22(34-23)32-16-12-20(36-11-10-30-35-36)24(29-14-16)39-8-2/h10-15,19H,7-9H2,1-6H3,(H2,28,37)(H,31,38)(H2,32,33,34)/t15-,19+/m0/s1. The van der Waals surface area contributed by atoms with Crippen molar-refractivity contribution in [1.82, 2.24) is 30.3 Å². The fraction of sp³-hybridized carbons (Fsp3) is 0.462. The van der Waals surface area contributed by atoms with Crippen LogP contribution in [0.3, 0.4) is 0 Å². The molecule has 3 aromatic heterocycles. The zero-order chi connectivity index (χ0) is 29.4. The van der Waals surface area contributed by atoms with Crippen molar-refractivity contribution in [3.05, 3.63) is 42.1 Å². The van der Waals surface area contributed by atoms with Crippen molar-refractivity contribution in [3.63, 3.8) is 0 Å². The number of alkyl carbamates (subject to hydrolysis) is 1. The summed E-state index contributed by atoms with van der Waals surface area (Å²) in [7, 11) is 0. The van der Waals surface area contributed by atoms with Gasteiger partial charge in [0.1, 0.15) is 17.1 Å². The number of amides is 2. The van der Waals surface area contributed by atoms with Crippen LogP contribution in [0.2, 0.25) is 0 Å². The predicted octanol–water partition coefficient (Wildman–Crippen LogP) is 3.93. The van der Waals surface area contributed by atoms with Crippen molar-refractivity contribution in [2.75, 3.05) is 17.2 Å². The van der Waals surface area contributed by atoms with Crippen LogP contribution < -0.4 is 26.4 Å².